The van der Waals surface area contributed by atoms with Gasteiger partial charge in [-0.2, -0.15) is 0 Å². The molecule has 3 aliphatic carbocycles. The highest BCUT2D eigenvalue weighted by atomic mass is 19.4. The average molecular weight is 693 g/mol. The van der Waals surface area contributed by atoms with Crippen LogP contribution in [0.4, 0.5) is 13.2 Å². The van der Waals surface area contributed by atoms with Gasteiger partial charge in [-0.1, -0.05) is 0 Å². The van der Waals surface area contributed by atoms with Crippen molar-refractivity contribution in [1.29, 1.82) is 0 Å². The minimum absolute atomic E-state index is 0.0920. The van der Waals surface area contributed by atoms with E-state index in [1.54, 1.807) is 0 Å². The molecule has 0 radical (unpaired) electrons. The molecule has 1 saturated carbocycles. The van der Waals surface area contributed by atoms with E-state index in [9.17, 15) is 52.8 Å². The largest absolute Gasteiger partial charge is 0.573 e. The lowest BCUT2D eigenvalue weighted by Gasteiger charge is -2.50. The van der Waals surface area contributed by atoms with Crippen molar-refractivity contribution in [3.8, 4) is 11.5 Å². The first-order valence-corrected chi connectivity index (χ1v) is 16.3. The minimum Gasteiger partial charge on any atom is -0.508 e. The van der Waals surface area contributed by atoms with Crippen molar-refractivity contribution in [2.75, 3.05) is 40.3 Å². The molecule has 2 amide bonds. The second-order valence-electron chi connectivity index (χ2n) is 13.8. The number of hydrogen-bond acceptors (Lipinski definition) is 11. The summed E-state index contributed by atoms with van der Waals surface area (Å²) >= 11 is 0. The minimum atomic E-state index is -5.23. The van der Waals surface area contributed by atoms with Crippen LogP contribution >= 0.6 is 0 Å². The number of primary amides is 1. The quantitative estimate of drug-likeness (QED) is 0.274. The predicted octanol–water partition coefficient (Wildman–Crippen LogP) is 2.01. The van der Waals surface area contributed by atoms with E-state index in [0.29, 0.717) is 12.8 Å². The van der Waals surface area contributed by atoms with Crippen LogP contribution in [-0.2, 0) is 25.6 Å². The van der Waals surface area contributed by atoms with Crippen molar-refractivity contribution in [2.45, 2.75) is 69.0 Å². The Morgan fingerprint density at radius 1 is 1.08 bits per heavy atom. The van der Waals surface area contributed by atoms with E-state index < -0.39 is 99.5 Å². The van der Waals surface area contributed by atoms with Crippen molar-refractivity contribution in [3.05, 3.63) is 39.7 Å². The lowest BCUT2D eigenvalue weighted by atomic mass is 9.57. The Morgan fingerprint density at radius 3 is 2.35 bits per heavy atom. The fourth-order valence-corrected chi connectivity index (χ4v) is 8.58. The van der Waals surface area contributed by atoms with Gasteiger partial charge < -0.3 is 35.8 Å². The van der Waals surface area contributed by atoms with E-state index in [2.05, 4.69) is 4.74 Å². The summed E-state index contributed by atoms with van der Waals surface area (Å²) in [6, 6.07) is -1.26. The van der Waals surface area contributed by atoms with Gasteiger partial charge in [-0.25, -0.2) is 0 Å². The summed E-state index contributed by atoms with van der Waals surface area (Å²) < 4.78 is 47.0. The molecule has 5 atom stereocenters. The number of likely N-dealkylation sites (N-methyl/N-ethyl adjacent to an activating group) is 1. The van der Waals surface area contributed by atoms with Crippen LogP contribution in [0.15, 0.2) is 23.0 Å². The smallest absolute Gasteiger partial charge is 0.508 e. The van der Waals surface area contributed by atoms with Gasteiger partial charge in [0.05, 0.1) is 24.2 Å². The number of nitrogens with two attached hydrogens (primary N) is 1. The van der Waals surface area contributed by atoms with E-state index in [-0.39, 0.29) is 43.0 Å². The van der Waals surface area contributed by atoms with Gasteiger partial charge >= 0.3 is 6.36 Å². The molecular weight excluding hydrogens is 653 g/mol. The Labute approximate surface area is 279 Å². The van der Waals surface area contributed by atoms with Crippen LogP contribution in [0.2, 0.25) is 0 Å². The highest BCUT2D eigenvalue weighted by Crippen LogP contribution is 2.55. The summed E-state index contributed by atoms with van der Waals surface area (Å²) in [6.07, 6.45) is -2.59. The molecule has 0 spiro atoms. The van der Waals surface area contributed by atoms with Crippen LogP contribution in [0.1, 0.15) is 61.3 Å². The third-order valence-corrected chi connectivity index (χ3v) is 10.7. The maximum absolute atomic E-state index is 14.1. The number of likely N-dealkylation sites (tertiary alicyclic amines) is 2. The zero-order valence-electron chi connectivity index (χ0n) is 27.0. The SMILES string of the molecule is CN(C)[C@@H]1C(=O)C(C(N)=O)=C(O)[C@@]2(O)C(=O)C3=C(O)c4c(O)cc(C5CCCCN5C(=O)CN5CCCC5)c(OC(F)(F)F)c4C[C@H]3C[C@@H]12. The molecule has 2 aliphatic heterocycles. The summed E-state index contributed by atoms with van der Waals surface area (Å²) in [5.41, 5.74) is 0.0464. The standard InChI is InChI=1S/C33H39F3N4O9/c1-38(2)25-18-12-15-11-17-23(26(43)22(15)29(45)32(18,48)30(46)24(27(25)44)31(37)47)20(41)13-16(28(17)49-33(34,35)36)19-7-3-4-10-40(19)21(42)14-39-8-5-6-9-39/h13,15,18-19,25,41,43,46,48H,3-12,14H2,1-2H3,(H2,37,47)/t15-,18-,19?,25-,32-/m0/s1. The molecule has 0 aromatic heterocycles. The van der Waals surface area contributed by atoms with Gasteiger partial charge in [-0.3, -0.25) is 29.0 Å². The second-order valence-corrected chi connectivity index (χ2v) is 13.8. The molecule has 16 heteroatoms. The Balaban J connectivity index is 1.50. The number of rotatable bonds is 6. The fourth-order valence-electron chi connectivity index (χ4n) is 8.58. The third-order valence-electron chi connectivity index (χ3n) is 10.7. The topological polar surface area (TPSA) is 194 Å². The summed E-state index contributed by atoms with van der Waals surface area (Å²) in [5.74, 6) is -10.1. The number of halogens is 3. The first-order chi connectivity index (χ1) is 23.0. The Kier molecular flexibility index (Phi) is 8.72. The van der Waals surface area contributed by atoms with Gasteiger partial charge in [0.25, 0.3) is 5.91 Å². The number of aliphatic hydroxyl groups excluding tert-OH is 2. The number of alkyl halides is 3. The fraction of sp³-hybridized carbons (Fsp3) is 0.576. The molecule has 2 heterocycles. The monoisotopic (exact) mass is 692 g/mol. The maximum Gasteiger partial charge on any atom is 0.573 e. The molecule has 49 heavy (non-hydrogen) atoms. The molecule has 266 valence electrons. The number of nitrogens with zero attached hydrogens (tertiary/aromatic N) is 3. The number of piperidine rings is 1. The summed E-state index contributed by atoms with van der Waals surface area (Å²) in [5, 5.41) is 45.7. The number of phenolic OH excluding ortho intramolecular Hbond substituents is 1. The average Bonchev–Trinajstić information content (AvgIpc) is 3.52. The Bertz CT molecular complexity index is 1680. The van der Waals surface area contributed by atoms with Crippen LogP contribution in [0.3, 0.4) is 0 Å². The van der Waals surface area contributed by atoms with Crippen molar-refractivity contribution in [1.82, 2.24) is 14.7 Å². The molecule has 0 bridgehead atoms. The summed E-state index contributed by atoms with van der Waals surface area (Å²) in [4.78, 5) is 58.0. The molecule has 1 aromatic carbocycles. The van der Waals surface area contributed by atoms with Crippen LogP contribution < -0.4 is 10.5 Å². The number of hydrogen-bond donors (Lipinski definition) is 5. The molecule has 1 aromatic rings. The number of amides is 2. The zero-order valence-corrected chi connectivity index (χ0v) is 27.0. The van der Waals surface area contributed by atoms with Crippen LogP contribution in [0.5, 0.6) is 11.5 Å². The molecule has 1 unspecified atom stereocenters. The highest BCUT2D eigenvalue weighted by molar-refractivity contribution is 6.24. The number of aliphatic hydroxyl groups is 3. The third kappa shape index (κ3) is 5.62. The van der Waals surface area contributed by atoms with Crippen molar-refractivity contribution >= 4 is 29.1 Å². The number of ketones is 2. The number of ether oxygens (including phenoxy) is 1. The highest BCUT2D eigenvalue weighted by Gasteiger charge is 2.64. The van der Waals surface area contributed by atoms with Crippen molar-refractivity contribution in [2.24, 2.45) is 17.6 Å². The van der Waals surface area contributed by atoms with Gasteiger partial charge in [0, 0.05) is 29.2 Å². The van der Waals surface area contributed by atoms with Crippen LogP contribution in [0.25, 0.3) is 5.76 Å². The van der Waals surface area contributed by atoms with Gasteiger partial charge in [-0.15, -0.1) is 13.2 Å². The molecule has 2 saturated heterocycles. The summed E-state index contributed by atoms with van der Waals surface area (Å²) in [6.45, 7) is 1.83. The van der Waals surface area contributed by atoms with Gasteiger partial charge in [0.1, 0.15) is 28.6 Å². The first kappa shape index (κ1) is 34.7. The molecule has 3 fully saturated rings. The molecule has 6 N–H and O–H groups in total. The predicted molar refractivity (Wildman–Crippen MR) is 165 cm³/mol. The lowest BCUT2D eigenvalue weighted by Crippen LogP contribution is -2.65. The number of aromatic hydroxyl groups is 1. The number of phenols is 1. The van der Waals surface area contributed by atoms with Crippen molar-refractivity contribution < 1.29 is 57.5 Å². The molecular formula is C33H39F3N4O9. The molecule has 5 aliphatic rings. The van der Waals surface area contributed by atoms with Gasteiger partial charge in [0.15, 0.2) is 11.4 Å². The van der Waals surface area contributed by atoms with Gasteiger partial charge in [-0.05, 0) is 84.1 Å². The van der Waals surface area contributed by atoms with Crippen LogP contribution in [0, 0.1) is 11.8 Å². The van der Waals surface area contributed by atoms with E-state index in [1.165, 1.54) is 23.9 Å². The number of carbonyl (C=O) groups excluding carboxylic acids is 4. The lowest BCUT2D eigenvalue weighted by molar-refractivity contribution is -0.275. The normalized spacial score (nSPS) is 29.2. The second kappa shape index (κ2) is 12.3. The van der Waals surface area contributed by atoms with E-state index in [1.807, 2.05) is 4.90 Å². The Hall–Kier alpha value is -4.15. The van der Waals surface area contributed by atoms with E-state index in [4.69, 9.17) is 5.73 Å². The van der Waals surface area contributed by atoms with Gasteiger partial charge in [0.2, 0.25) is 11.7 Å². The summed E-state index contributed by atoms with van der Waals surface area (Å²) in [7, 11) is 2.88. The maximum atomic E-state index is 14.1. The molecule has 6 rings (SSSR count). The van der Waals surface area contributed by atoms with Crippen LogP contribution in [-0.4, -0.2) is 117 Å². The van der Waals surface area contributed by atoms with Crippen molar-refractivity contribution in [3.63, 3.8) is 0 Å². The number of fused-ring (bicyclic) bond motifs is 3. The molecule has 13 nitrogen and oxygen atoms in total. The first-order valence-electron chi connectivity index (χ1n) is 16.3. The number of Topliss-reactive ketones (excluding diaryl/α,β-unsaturated/α-hetero) is 2. The Morgan fingerprint density at radius 2 is 1.73 bits per heavy atom. The van der Waals surface area contributed by atoms with E-state index in [0.717, 1.165) is 32.0 Å². The number of carbonyl (C=O) groups is 4. The zero-order chi connectivity index (χ0) is 35.7. The number of benzene rings is 1. The van der Waals surface area contributed by atoms with E-state index >= 15 is 0 Å².